The highest BCUT2D eigenvalue weighted by Crippen LogP contribution is 2.33. The number of benzene rings is 2. The van der Waals surface area contributed by atoms with E-state index in [1.807, 2.05) is 0 Å². The van der Waals surface area contributed by atoms with E-state index in [1.54, 1.807) is 0 Å². The number of aromatic nitrogens is 2. The maximum atomic E-state index is 13.1. The summed E-state index contributed by atoms with van der Waals surface area (Å²) < 4.78 is 80.0. The normalized spacial score (nSPS) is 12.1. The molecular weight excluding hydrogens is 426 g/mol. The van der Waals surface area contributed by atoms with E-state index < -0.39 is 38.0 Å². The number of hydrogen-bond donors (Lipinski definition) is 1. The smallest absolute Gasteiger partial charge is 0.268 e. The fourth-order valence-electron chi connectivity index (χ4n) is 2.68. The van der Waals surface area contributed by atoms with Gasteiger partial charge in [-0.3, -0.25) is 4.79 Å². The van der Waals surface area contributed by atoms with Gasteiger partial charge >= 0.3 is 6.18 Å². The molecule has 11 heteroatoms. The zero-order valence-corrected chi connectivity index (χ0v) is 16.0. The highest BCUT2D eigenvalue weighted by molar-refractivity contribution is 7.89. The molecule has 0 aliphatic rings. The predicted molar refractivity (Wildman–Crippen MR) is 101 cm³/mol. The summed E-state index contributed by atoms with van der Waals surface area (Å²) in [5.41, 5.74) is -0.938. The van der Waals surface area contributed by atoms with Crippen LogP contribution < -0.4 is 10.3 Å². The lowest BCUT2D eigenvalue weighted by molar-refractivity contribution is -0.139. The van der Waals surface area contributed by atoms with E-state index in [9.17, 15) is 30.8 Å². The molecule has 2 aromatic carbocycles. The minimum absolute atomic E-state index is 0.221. The molecule has 158 valence electrons. The van der Waals surface area contributed by atoms with Gasteiger partial charge in [0.2, 0.25) is 10.0 Å². The quantitative estimate of drug-likeness (QED) is 0.597. The summed E-state index contributed by atoms with van der Waals surface area (Å²) >= 11 is 0. The number of halogens is 4. The molecule has 1 N–H and O–H groups in total. The fraction of sp³-hybridized carbons (Fsp3) is 0.158. The van der Waals surface area contributed by atoms with Gasteiger partial charge in [-0.25, -0.2) is 22.2 Å². The Morgan fingerprint density at radius 3 is 2.30 bits per heavy atom. The first-order valence-electron chi connectivity index (χ1n) is 8.58. The molecular formula is C19H15F4N3O3S. The molecule has 0 unspecified atom stereocenters. The van der Waals surface area contributed by atoms with Crippen LogP contribution in [0.1, 0.15) is 5.56 Å². The molecule has 0 saturated heterocycles. The van der Waals surface area contributed by atoms with Gasteiger partial charge in [0, 0.05) is 18.2 Å². The van der Waals surface area contributed by atoms with Crippen LogP contribution in [0, 0.1) is 5.82 Å². The van der Waals surface area contributed by atoms with Gasteiger partial charge in [-0.2, -0.15) is 18.3 Å². The largest absolute Gasteiger partial charge is 0.417 e. The highest BCUT2D eigenvalue weighted by atomic mass is 32.2. The van der Waals surface area contributed by atoms with Crippen LogP contribution in [0.25, 0.3) is 11.3 Å². The lowest BCUT2D eigenvalue weighted by Gasteiger charge is -2.14. The van der Waals surface area contributed by atoms with E-state index in [0.29, 0.717) is 17.3 Å². The van der Waals surface area contributed by atoms with Crippen molar-refractivity contribution >= 4 is 10.0 Å². The average molecular weight is 441 g/mol. The van der Waals surface area contributed by atoms with Crippen LogP contribution in [0.3, 0.4) is 0 Å². The monoisotopic (exact) mass is 441 g/mol. The van der Waals surface area contributed by atoms with Crippen molar-refractivity contribution < 1.29 is 26.0 Å². The van der Waals surface area contributed by atoms with Gasteiger partial charge in [0.25, 0.3) is 5.56 Å². The molecule has 3 rings (SSSR count). The Balaban J connectivity index is 1.78. The zero-order chi connectivity index (χ0) is 21.9. The maximum absolute atomic E-state index is 13.1. The van der Waals surface area contributed by atoms with Crippen molar-refractivity contribution in [3.8, 4) is 11.3 Å². The first-order chi connectivity index (χ1) is 14.1. The standard InChI is InChI=1S/C19H15F4N3O3S/c20-14-7-5-13(6-8-14)16-9-10-18(27)26(25-16)12-11-24-30(28,29)17-4-2-1-3-15(17)19(21,22)23/h1-10,24H,11-12H2. The van der Waals surface area contributed by atoms with Gasteiger partial charge in [-0.15, -0.1) is 0 Å². The third kappa shape index (κ3) is 4.92. The van der Waals surface area contributed by atoms with Crippen molar-refractivity contribution in [1.82, 2.24) is 14.5 Å². The van der Waals surface area contributed by atoms with E-state index in [-0.39, 0.29) is 13.1 Å². The van der Waals surface area contributed by atoms with Crippen LogP contribution >= 0.6 is 0 Å². The van der Waals surface area contributed by atoms with Crippen LogP contribution in [0.2, 0.25) is 0 Å². The second kappa shape index (κ2) is 8.36. The van der Waals surface area contributed by atoms with E-state index in [1.165, 1.54) is 42.5 Å². The lowest BCUT2D eigenvalue weighted by Crippen LogP contribution is -2.32. The first kappa shape index (κ1) is 21.7. The third-order valence-corrected chi connectivity index (χ3v) is 5.62. The minimum Gasteiger partial charge on any atom is -0.268 e. The Kier molecular flexibility index (Phi) is 6.04. The minimum atomic E-state index is -4.84. The van der Waals surface area contributed by atoms with Crippen molar-refractivity contribution in [2.24, 2.45) is 0 Å². The van der Waals surface area contributed by atoms with Gasteiger partial charge in [0.15, 0.2) is 0 Å². The number of nitrogens with one attached hydrogen (secondary N) is 1. The third-order valence-electron chi connectivity index (χ3n) is 4.10. The van der Waals surface area contributed by atoms with Crippen molar-refractivity contribution in [3.05, 3.63) is 82.4 Å². The molecule has 0 bridgehead atoms. The molecule has 6 nitrogen and oxygen atoms in total. The van der Waals surface area contributed by atoms with E-state index >= 15 is 0 Å². The molecule has 0 atom stereocenters. The van der Waals surface area contributed by atoms with Crippen LogP contribution in [0.15, 0.2) is 70.4 Å². The summed E-state index contributed by atoms with van der Waals surface area (Å²) in [4.78, 5) is 11.1. The predicted octanol–water partition coefficient (Wildman–Crippen LogP) is 3.05. The Hall–Kier alpha value is -3.05. The van der Waals surface area contributed by atoms with Crippen LogP contribution in [-0.4, -0.2) is 24.7 Å². The molecule has 1 heterocycles. The Morgan fingerprint density at radius 2 is 1.63 bits per heavy atom. The Labute approximate surface area is 168 Å². The second-order valence-electron chi connectivity index (χ2n) is 6.18. The van der Waals surface area contributed by atoms with E-state index in [4.69, 9.17) is 0 Å². The molecule has 0 saturated carbocycles. The molecule has 0 aliphatic carbocycles. The van der Waals surface area contributed by atoms with Crippen molar-refractivity contribution in [3.63, 3.8) is 0 Å². The SMILES string of the molecule is O=c1ccc(-c2ccc(F)cc2)nn1CCNS(=O)(=O)c1ccccc1C(F)(F)F. The Morgan fingerprint density at radius 1 is 0.967 bits per heavy atom. The summed E-state index contributed by atoms with van der Waals surface area (Å²) in [5.74, 6) is -0.444. The molecule has 0 aliphatic heterocycles. The number of rotatable bonds is 6. The van der Waals surface area contributed by atoms with Crippen LogP contribution in [-0.2, 0) is 22.7 Å². The molecule has 3 aromatic rings. The first-order valence-corrected chi connectivity index (χ1v) is 10.1. The molecule has 0 amide bonds. The van der Waals surface area contributed by atoms with Gasteiger partial charge in [0.05, 0.1) is 22.7 Å². The average Bonchev–Trinajstić information content (AvgIpc) is 2.69. The Bertz CT molecular complexity index is 1210. The maximum Gasteiger partial charge on any atom is 0.417 e. The fourth-order valence-corrected chi connectivity index (χ4v) is 3.93. The highest BCUT2D eigenvalue weighted by Gasteiger charge is 2.36. The van der Waals surface area contributed by atoms with Crippen molar-refractivity contribution in [1.29, 1.82) is 0 Å². The van der Waals surface area contributed by atoms with E-state index in [2.05, 4.69) is 9.82 Å². The summed E-state index contributed by atoms with van der Waals surface area (Å²) in [7, 11) is -4.48. The summed E-state index contributed by atoms with van der Waals surface area (Å²) in [6.45, 7) is -0.588. The number of sulfonamides is 1. The molecule has 0 fully saturated rings. The summed E-state index contributed by atoms with van der Waals surface area (Å²) in [6.07, 6.45) is -4.84. The van der Waals surface area contributed by atoms with Crippen molar-refractivity contribution in [2.45, 2.75) is 17.6 Å². The van der Waals surface area contributed by atoms with Gasteiger partial charge in [-0.05, 0) is 42.5 Å². The number of nitrogens with zero attached hydrogens (tertiary/aromatic N) is 2. The van der Waals surface area contributed by atoms with Gasteiger partial charge < -0.3 is 0 Å². The van der Waals surface area contributed by atoms with E-state index in [0.717, 1.165) is 16.8 Å². The summed E-state index contributed by atoms with van der Waals surface area (Å²) in [6, 6.07) is 11.8. The molecule has 0 spiro atoms. The molecule has 1 aromatic heterocycles. The second-order valence-corrected chi connectivity index (χ2v) is 7.91. The van der Waals surface area contributed by atoms with Crippen LogP contribution in [0.5, 0.6) is 0 Å². The lowest BCUT2D eigenvalue weighted by atomic mass is 10.1. The molecule has 0 radical (unpaired) electrons. The van der Waals surface area contributed by atoms with Gasteiger partial charge in [-0.1, -0.05) is 12.1 Å². The number of hydrogen-bond acceptors (Lipinski definition) is 4. The zero-order valence-electron chi connectivity index (χ0n) is 15.2. The van der Waals surface area contributed by atoms with Crippen molar-refractivity contribution in [2.75, 3.05) is 6.54 Å². The topological polar surface area (TPSA) is 81.1 Å². The molecule has 30 heavy (non-hydrogen) atoms. The summed E-state index contributed by atoms with van der Waals surface area (Å²) in [5, 5.41) is 4.09. The number of alkyl halides is 3. The van der Waals surface area contributed by atoms with Crippen LogP contribution in [0.4, 0.5) is 17.6 Å². The van der Waals surface area contributed by atoms with Gasteiger partial charge in [0.1, 0.15) is 5.82 Å².